The van der Waals surface area contributed by atoms with Crippen molar-refractivity contribution in [3.8, 4) is 0 Å². The Labute approximate surface area is 123 Å². The maximum atomic E-state index is 12.5. The predicted molar refractivity (Wildman–Crippen MR) is 85.6 cm³/mol. The summed E-state index contributed by atoms with van der Waals surface area (Å²) in [6, 6.07) is 4.54. The number of Topliss-reactive ketones (excluding diaryl/α,β-unsaturated/α-hetero) is 1. The van der Waals surface area contributed by atoms with Crippen molar-refractivity contribution in [2.24, 2.45) is 0 Å². The summed E-state index contributed by atoms with van der Waals surface area (Å²) in [5.41, 5.74) is 5.27. The minimum Gasteiger partial charge on any atom is -0.294 e. The van der Waals surface area contributed by atoms with Crippen molar-refractivity contribution in [2.75, 3.05) is 0 Å². The second-order valence-corrected chi connectivity index (χ2v) is 6.07. The van der Waals surface area contributed by atoms with Crippen LogP contribution >= 0.6 is 0 Å². The number of hydrogen-bond acceptors (Lipinski definition) is 1. The second kappa shape index (κ2) is 7.61. The van der Waals surface area contributed by atoms with Crippen LogP contribution in [0.25, 0.3) is 0 Å². The first kappa shape index (κ1) is 15.3. The summed E-state index contributed by atoms with van der Waals surface area (Å²) in [6.07, 6.45) is 11.1. The van der Waals surface area contributed by atoms with E-state index in [0.717, 1.165) is 37.7 Å². The average Bonchev–Trinajstić information content (AvgIpc) is 2.66. The van der Waals surface area contributed by atoms with Gasteiger partial charge in [-0.15, -0.1) is 0 Å². The van der Waals surface area contributed by atoms with Crippen LogP contribution < -0.4 is 0 Å². The minimum atomic E-state index is 0.405. The van der Waals surface area contributed by atoms with Gasteiger partial charge in [0.2, 0.25) is 0 Å². The first-order valence-electron chi connectivity index (χ1n) is 8.44. The molecule has 1 aliphatic carbocycles. The van der Waals surface area contributed by atoms with Gasteiger partial charge in [0.25, 0.3) is 0 Å². The molecule has 1 heteroatoms. The number of fused-ring (bicyclic) bond motifs is 1. The number of rotatable bonds is 6. The third-order valence-electron chi connectivity index (χ3n) is 4.46. The van der Waals surface area contributed by atoms with Crippen LogP contribution in [-0.4, -0.2) is 5.78 Å². The molecule has 0 aromatic heterocycles. The van der Waals surface area contributed by atoms with Crippen molar-refractivity contribution >= 4 is 5.78 Å². The molecule has 0 heterocycles. The number of hydrogen-bond donors (Lipinski definition) is 0. The van der Waals surface area contributed by atoms with Gasteiger partial charge in [-0.3, -0.25) is 4.79 Å². The van der Waals surface area contributed by atoms with Crippen LogP contribution in [0.4, 0.5) is 0 Å². The van der Waals surface area contributed by atoms with E-state index < -0.39 is 0 Å². The Kier molecular flexibility index (Phi) is 5.82. The summed E-state index contributed by atoms with van der Waals surface area (Å²) >= 11 is 0. The fourth-order valence-electron chi connectivity index (χ4n) is 3.26. The minimum absolute atomic E-state index is 0.405. The molecular weight excluding hydrogens is 244 g/mol. The summed E-state index contributed by atoms with van der Waals surface area (Å²) in [5, 5.41) is 0. The van der Waals surface area contributed by atoms with Crippen molar-refractivity contribution in [1.82, 2.24) is 0 Å². The molecule has 1 aromatic carbocycles. The van der Waals surface area contributed by atoms with Crippen LogP contribution in [0.15, 0.2) is 12.1 Å². The zero-order valence-electron chi connectivity index (χ0n) is 13.1. The second-order valence-electron chi connectivity index (χ2n) is 6.07. The zero-order valence-corrected chi connectivity index (χ0v) is 13.1. The highest BCUT2D eigenvalue weighted by Gasteiger charge is 2.21. The van der Waals surface area contributed by atoms with Crippen LogP contribution in [0.2, 0.25) is 0 Å². The third kappa shape index (κ3) is 3.50. The molecule has 0 bridgehead atoms. The number of carbonyl (C=O) groups excluding carboxylic acids is 1. The molecular formula is C19H28O. The van der Waals surface area contributed by atoms with Gasteiger partial charge in [0.05, 0.1) is 0 Å². The smallest absolute Gasteiger partial charge is 0.163 e. The van der Waals surface area contributed by atoms with Gasteiger partial charge in [0, 0.05) is 12.0 Å². The number of ketones is 1. The van der Waals surface area contributed by atoms with E-state index in [2.05, 4.69) is 26.0 Å². The molecule has 0 spiro atoms. The SMILES string of the molecule is CCCCc1ccc(CCCC)c2c1CCCCC2=O. The summed E-state index contributed by atoms with van der Waals surface area (Å²) in [4.78, 5) is 12.5. The predicted octanol–water partition coefficient (Wildman–Crippen LogP) is 5.28. The summed E-state index contributed by atoms with van der Waals surface area (Å²) in [6.45, 7) is 4.45. The van der Waals surface area contributed by atoms with Gasteiger partial charge in [-0.2, -0.15) is 0 Å². The Morgan fingerprint density at radius 1 is 0.900 bits per heavy atom. The molecule has 0 radical (unpaired) electrons. The molecule has 1 nitrogen and oxygen atoms in total. The fourth-order valence-corrected chi connectivity index (χ4v) is 3.26. The van der Waals surface area contributed by atoms with Gasteiger partial charge in [-0.25, -0.2) is 0 Å². The van der Waals surface area contributed by atoms with E-state index in [-0.39, 0.29) is 0 Å². The van der Waals surface area contributed by atoms with Gasteiger partial charge in [-0.1, -0.05) is 38.8 Å². The van der Waals surface area contributed by atoms with Gasteiger partial charge >= 0.3 is 0 Å². The van der Waals surface area contributed by atoms with Gasteiger partial charge in [-0.05, 0) is 61.6 Å². The first-order chi connectivity index (χ1) is 9.77. The Balaban J connectivity index is 2.39. The normalized spacial score (nSPS) is 15.0. The maximum Gasteiger partial charge on any atom is 0.163 e. The number of aryl methyl sites for hydroxylation is 2. The van der Waals surface area contributed by atoms with Crippen LogP contribution in [0.3, 0.4) is 0 Å². The Bertz CT molecular complexity index is 459. The van der Waals surface area contributed by atoms with E-state index in [1.165, 1.54) is 48.8 Å². The number of carbonyl (C=O) groups is 1. The number of benzene rings is 1. The van der Waals surface area contributed by atoms with Crippen molar-refractivity contribution in [1.29, 1.82) is 0 Å². The van der Waals surface area contributed by atoms with Crippen LogP contribution in [-0.2, 0) is 19.3 Å². The topological polar surface area (TPSA) is 17.1 Å². The first-order valence-corrected chi connectivity index (χ1v) is 8.44. The lowest BCUT2D eigenvalue weighted by Crippen LogP contribution is -2.09. The largest absolute Gasteiger partial charge is 0.294 e. The summed E-state index contributed by atoms with van der Waals surface area (Å²) in [7, 11) is 0. The lowest BCUT2D eigenvalue weighted by molar-refractivity contribution is 0.0981. The molecule has 1 aliphatic rings. The molecule has 2 rings (SSSR count). The van der Waals surface area contributed by atoms with Crippen LogP contribution in [0, 0.1) is 0 Å². The molecule has 0 fully saturated rings. The highest BCUT2D eigenvalue weighted by Crippen LogP contribution is 2.29. The van der Waals surface area contributed by atoms with Crippen molar-refractivity contribution in [3.05, 3.63) is 34.4 Å². The zero-order chi connectivity index (χ0) is 14.4. The van der Waals surface area contributed by atoms with E-state index >= 15 is 0 Å². The van der Waals surface area contributed by atoms with Crippen molar-refractivity contribution < 1.29 is 4.79 Å². The van der Waals surface area contributed by atoms with E-state index in [1.54, 1.807) is 0 Å². The molecule has 0 saturated heterocycles. The highest BCUT2D eigenvalue weighted by atomic mass is 16.1. The molecule has 0 atom stereocenters. The molecule has 110 valence electrons. The summed E-state index contributed by atoms with van der Waals surface area (Å²) in [5.74, 6) is 0.405. The fraction of sp³-hybridized carbons (Fsp3) is 0.632. The lowest BCUT2D eigenvalue weighted by Gasteiger charge is -2.16. The van der Waals surface area contributed by atoms with E-state index in [9.17, 15) is 4.79 Å². The lowest BCUT2D eigenvalue weighted by atomic mass is 9.88. The molecule has 1 aromatic rings. The quantitative estimate of drug-likeness (QED) is 0.644. The molecule has 0 aliphatic heterocycles. The molecule has 0 amide bonds. The van der Waals surface area contributed by atoms with E-state index in [0.29, 0.717) is 5.78 Å². The van der Waals surface area contributed by atoms with E-state index in [1.807, 2.05) is 0 Å². The van der Waals surface area contributed by atoms with Gasteiger partial charge in [0.15, 0.2) is 5.78 Å². The average molecular weight is 272 g/mol. The van der Waals surface area contributed by atoms with Crippen molar-refractivity contribution in [2.45, 2.75) is 78.1 Å². The van der Waals surface area contributed by atoms with Gasteiger partial charge < -0.3 is 0 Å². The third-order valence-corrected chi connectivity index (χ3v) is 4.46. The molecule has 0 N–H and O–H groups in total. The standard InChI is InChI=1S/C19H28O/c1-3-5-9-15-13-14-16(10-6-4-2)19-17(15)11-7-8-12-18(19)20/h13-14H,3-12H2,1-2H3. The monoisotopic (exact) mass is 272 g/mol. The summed E-state index contributed by atoms with van der Waals surface area (Å²) < 4.78 is 0. The molecule has 0 saturated carbocycles. The van der Waals surface area contributed by atoms with Crippen LogP contribution in [0.1, 0.15) is 85.8 Å². The molecule has 20 heavy (non-hydrogen) atoms. The molecule has 0 unspecified atom stereocenters. The van der Waals surface area contributed by atoms with Gasteiger partial charge in [0.1, 0.15) is 0 Å². The Morgan fingerprint density at radius 2 is 1.50 bits per heavy atom. The highest BCUT2D eigenvalue weighted by molar-refractivity contribution is 5.99. The van der Waals surface area contributed by atoms with Crippen molar-refractivity contribution in [3.63, 3.8) is 0 Å². The Hall–Kier alpha value is -1.11. The number of unbranched alkanes of at least 4 members (excludes halogenated alkanes) is 2. The van der Waals surface area contributed by atoms with Crippen LogP contribution in [0.5, 0.6) is 0 Å². The Morgan fingerprint density at radius 3 is 2.20 bits per heavy atom. The van der Waals surface area contributed by atoms with E-state index in [4.69, 9.17) is 0 Å². The maximum absolute atomic E-state index is 12.5.